The monoisotopic (exact) mass is 244 g/mol. The molecular formula is C10H17ClN4O. The van der Waals surface area contributed by atoms with Gasteiger partial charge in [-0.05, 0) is 26.3 Å². The molecule has 0 unspecified atom stereocenters. The Hall–Kier alpha value is -1.07. The summed E-state index contributed by atoms with van der Waals surface area (Å²) in [4.78, 5) is 11.8. The van der Waals surface area contributed by atoms with Crippen molar-refractivity contribution in [3.05, 3.63) is 12.3 Å². The first-order valence-corrected chi connectivity index (χ1v) is 5.37. The third-order valence-electron chi connectivity index (χ3n) is 2.64. The predicted octanol–water partition coefficient (Wildman–Crippen LogP) is 1.02. The molecule has 1 atom stereocenters. The third-order valence-corrected chi connectivity index (χ3v) is 2.64. The van der Waals surface area contributed by atoms with Gasteiger partial charge in [0.25, 0.3) is 0 Å². The Morgan fingerprint density at radius 3 is 3.19 bits per heavy atom. The Balaban J connectivity index is 0.00000128. The highest BCUT2D eigenvalue weighted by atomic mass is 35.5. The summed E-state index contributed by atoms with van der Waals surface area (Å²) in [6.45, 7) is 3.70. The van der Waals surface area contributed by atoms with Gasteiger partial charge in [0.2, 0.25) is 5.91 Å². The summed E-state index contributed by atoms with van der Waals surface area (Å²) in [7, 11) is 0. The van der Waals surface area contributed by atoms with Gasteiger partial charge in [0.1, 0.15) is 5.82 Å². The van der Waals surface area contributed by atoms with Crippen LogP contribution in [0.15, 0.2) is 12.3 Å². The first-order valence-electron chi connectivity index (χ1n) is 5.37. The maximum absolute atomic E-state index is 11.8. The van der Waals surface area contributed by atoms with Crippen molar-refractivity contribution in [2.45, 2.75) is 32.4 Å². The van der Waals surface area contributed by atoms with Gasteiger partial charge in [0.05, 0.1) is 12.2 Å². The van der Waals surface area contributed by atoms with Crippen molar-refractivity contribution in [2.24, 2.45) is 0 Å². The first kappa shape index (κ1) is 13.0. The maximum atomic E-state index is 11.8. The number of nitrogens with one attached hydrogen (secondary N) is 2. The molecule has 2 rings (SSSR count). The fourth-order valence-electron chi connectivity index (χ4n) is 1.81. The van der Waals surface area contributed by atoms with Crippen LogP contribution in [0.5, 0.6) is 0 Å². The van der Waals surface area contributed by atoms with Crippen molar-refractivity contribution in [1.29, 1.82) is 0 Å². The summed E-state index contributed by atoms with van der Waals surface area (Å²) in [5.41, 5.74) is 0. The van der Waals surface area contributed by atoms with Crippen molar-refractivity contribution in [2.75, 3.05) is 11.9 Å². The van der Waals surface area contributed by atoms with E-state index in [0.29, 0.717) is 0 Å². The quantitative estimate of drug-likeness (QED) is 0.835. The minimum absolute atomic E-state index is 0. The summed E-state index contributed by atoms with van der Waals surface area (Å²) >= 11 is 0. The molecule has 1 aliphatic rings. The molecule has 5 nitrogen and oxygen atoms in total. The number of anilines is 1. The van der Waals surface area contributed by atoms with Gasteiger partial charge in [0.15, 0.2) is 0 Å². The zero-order valence-electron chi connectivity index (χ0n) is 9.27. The molecule has 1 aliphatic heterocycles. The van der Waals surface area contributed by atoms with Gasteiger partial charge in [-0.1, -0.05) is 0 Å². The number of halogens is 1. The van der Waals surface area contributed by atoms with E-state index in [9.17, 15) is 4.79 Å². The molecule has 0 radical (unpaired) electrons. The zero-order valence-corrected chi connectivity index (χ0v) is 10.1. The van der Waals surface area contributed by atoms with Crippen molar-refractivity contribution in [1.82, 2.24) is 15.1 Å². The molecule has 1 aromatic rings. The number of rotatable bonds is 3. The van der Waals surface area contributed by atoms with E-state index < -0.39 is 0 Å². The number of aromatic nitrogens is 2. The summed E-state index contributed by atoms with van der Waals surface area (Å²) in [5, 5.41) is 10.1. The third kappa shape index (κ3) is 2.74. The van der Waals surface area contributed by atoms with Gasteiger partial charge in [-0.15, -0.1) is 12.4 Å². The van der Waals surface area contributed by atoms with Crippen LogP contribution in [0.4, 0.5) is 5.82 Å². The second-order valence-corrected chi connectivity index (χ2v) is 3.67. The molecule has 0 spiro atoms. The molecule has 0 bridgehead atoms. The molecule has 1 fully saturated rings. The summed E-state index contributed by atoms with van der Waals surface area (Å²) in [5.74, 6) is 0.818. The normalized spacial score (nSPS) is 19.2. The van der Waals surface area contributed by atoms with Gasteiger partial charge < -0.3 is 10.6 Å². The van der Waals surface area contributed by atoms with E-state index in [1.54, 1.807) is 10.9 Å². The maximum Gasteiger partial charge on any atom is 0.242 e. The van der Waals surface area contributed by atoms with Crippen LogP contribution in [0.2, 0.25) is 0 Å². The Labute approximate surface area is 101 Å². The molecule has 2 N–H and O–H groups in total. The Morgan fingerprint density at radius 1 is 1.75 bits per heavy atom. The lowest BCUT2D eigenvalue weighted by molar-refractivity contribution is -0.117. The van der Waals surface area contributed by atoms with E-state index in [-0.39, 0.29) is 24.4 Å². The predicted molar refractivity (Wildman–Crippen MR) is 64.8 cm³/mol. The van der Waals surface area contributed by atoms with E-state index in [1.807, 2.05) is 13.0 Å². The van der Waals surface area contributed by atoms with Gasteiger partial charge in [-0.25, -0.2) is 4.68 Å². The molecule has 1 amide bonds. The van der Waals surface area contributed by atoms with Crippen LogP contribution in [0.1, 0.15) is 19.8 Å². The van der Waals surface area contributed by atoms with Gasteiger partial charge in [0, 0.05) is 12.6 Å². The molecule has 0 aliphatic carbocycles. The lowest BCUT2D eigenvalue weighted by Crippen LogP contribution is -2.36. The van der Waals surface area contributed by atoms with Crippen molar-refractivity contribution in [3.63, 3.8) is 0 Å². The fourth-order valence-corrected chi connectivity index (χ4v) is 1.81. The van der Waals surface area contributed by atoms with Crippen LogP contribution in [0.25, 0.3) is 0 Å². The van der Waals surface area contributed by atoms with Crippen LogP contribution in [-0.2, 0) is 11.3 Å². The van der Waals surface area contributed by atoms with Gasteiger partial charge in [-0.2, -0.15) is 5.10 Å². The average molecular weight is 245 g/mol. The van der Waals surface area contributed by atoms with Crippen LogP contribution in [-0.4, -0.2) is 28.3 Å². The second-order valence-electron chi connectivity index (χ2n) is 3.67. The van der Waals surface area contributed by atoms with E-state index >= 15 is 0 Å². The Kier molecular flexibility index (Phi) is 4.76. The molecule has 1 aromatic heterocycles. The van der Waals surface area contributed by atoms with E-state index in [4.69, 9.17) is 0 Å². The highest BCUT2D eigenvalue weighted by Crippen LogP contribution is 2.10. The number of nitrogens with zero attached hydrogens (tertiary/aromatic N) is 2. The molecule has 2 heterocycles. The molecule has 0 saturated carbocycles. The van der Waals surface area contributed by atoms with E-state index in [2.05, 4.69) is 15.7 Å². The van der Waals surface area contributed by atoms with Gasteiger partial charge >= 0.3 is 0 Å². The highest BCUT2D eigenvalue weighted by molar-refractivity contribution is 5.94. The minimum Gasteiger partial charge on any atom is -0.310 e. The smallest absolute Gasteiger partial charge is 0.242 e. The fraction of sp³-hybridized carbons (Fsp3) is 0.600. The summed E-state index contributed by atoms with van der Waals surface area (Å²) in [6.07, 6.45) is 3.69. The molecule has 1 saturated heterocycles. The minimum atomic E-state index is -0.0368. The van der Waals surface area contributed by atoms with Crippen LogP contribution >= 0.6 is 12.4 Å². The number of aryl methyl sites for hydroxylation is 1. The lowest BCUT2D eigenvalue weighted by atomic mass is 10.2. The van der Waals surface area contributed by atoms with Crippen LogP contribution in [0, 0.1) is 0 Å². The molecule has 90 valence electrons. The highest BCUT2D eigenvalue weighted by Gasteiger charge is 2.22. The first-order chi connectivity index (χ1) is 7.31. The molecule has 16 heavy (non-hydrogen) atoms. The Bertz CT molecular complexity index is 346. The van der Waals surface area contributed by atoms with Crippen LogP contribution < -0.4 is 10.6 Å². The number of hydrogen-bond donors (Lipinski definition) is 2. The van der Waals surface area contributed by atoms with E-state index in [0.717, 1.165) is 31.7 Å². The SMILES string of the molecule is CCn1nccc1NC(=O)[C@@H]1CCCN1.Cl. The zero-order chi connectivity index (χ0) is 10.7. The van der Waals surface area contributed by atoms with E-state index in [1.165, 1.54) is 0 Å². The summed E-state index contributed by atoms with van der Waals surface area (Å²) in [6, 6.07) is 1.78. The lowest BCUT2D eigenvalue weighted by Gasteiger charge is -2.11. The average Bonchev–Trinajstić information content (AvgIpc) is 2.87. The Morgan fingerprint density at radius 2 is 2.56 bits per heavy atom. The number of amides is 1. The number of carbonyl (C=O) groups excluding carboxylic acids is 1. The van der Waals surface area contributed by atoms with Crippen LogP contribution in [0.3, 0.4) is 0 Å². The largest absolute Gasteiger partial charge is 0.310 e. The molecule has 0 aromatic carbocycles. The number of hydrogen-bond acceptors (Lipinski definition) is 3. The standard InChI is InChI=1S/C10H16N4O.ClH/c1-2-14-9(5-7-12-14)13-10(15)8-4-3-6-11-8;/h5,7-8,11H,2-4,6H2,1H3,(H,13,15);1H/t8-;/m0./s1. The number of carbonyl (C=O) groups is 1. The molecular weight excluding hydrogens is 228 g/mol. The summed E-state index contributed by atoms with van der Waals surface area (Å²) < 4.78 is 1.77. The second kappa shape index (κ2) is 5.86. The van der Waals surface area contributed by atoms with Crippen molar-refractivity contribution < 1.29 is 4.79 Å². The molecule has 6 heteroatoms. The van der Waals surface area contributed by atoms with Crippen molar-refractivity contribution >= 4 is 24.1 Å². The van der Waals surface area contributed by atoms with Gasteiger partial charge in [-0.3, -0.25) is 4.79 Å². The van der Waals surface area contributed by atoms with Crippen molar-refractivity contribution in [3.8, 4) is 0 Å². The topological polar surface area (TPSA) is 59.0 Å².